The maximum atomic E-state index is 12.8. The fraction of sp³-hybridized carbons (Fsp3) is 0.294. The van der Waals surface area contributed by atoms with Gasteiger partial charge in [0.1, 0.15) is 6.54 Å². The average molecular weight is 358 g/mol. The molecule has 0 aliphatic heterocycles. The fourth-order valence-corrected chi connectivity index (χ4v) is 3.29. The largest absolute Gasteiger partial charge is 0.480 e. The molecule has 130 valence electrons. The first-order valence-electron chi connectivity index (χ1n) is 7.78. The van der Waals surface area contributed by atoms with Crippen LogP contribution >= 0.6 is 11.3 Å². The number of carboxylic acids is 1. The van der Waals surface area contributed by atoms with Crippen LogP contribution in [-0.4, -0.2) is 50.2 Å². The molecule has 1 N–H and O–H groups in total. The number of nitrogens with zero attached hydrogens (tertiary/aromatic N) is 4. The molecule has 25 heavy (non-hydrogen) atoms. The number of fused-ring (bicyclic) bond motifs is 1. The van der Waals surface area contributed by atoms with Gasteiger partial charge in [0, 0.05) is 13.1 Å². The molecule has 0 saturated carbocycles. The lowest BCUT2D eigenvalue weighted by molar-refractivity contribution is -0.137. The van der Waals surface area contributed by atoms with Crippen LogP contribution < -0.4 is 0 Å². The van der Waals surface area contributed by atoms with Gasteiger partial charge in [-0.3, -0.25) is 9.59 Å². The van der Waals surface area contributed by atoms with Crippen LogP contribution in [0.1, 0.15) is 30.2 Å². The van der Waals surface area contributed by atoms with Crippen LogP contribution in [0.15, 0.2) is 29.8 Å². The molecule has 0 saturated heterocycles. The summed E-state index contributed by atoms with van der Waals surface area (Å²) >= 11 is 1.53. The molecule has 0 unspecified atom stereocenters. The van der Waals surface area contributed by atoms with E-state index < -0.39 is 5.97 Å². The minimum atomic E-state index is -1.06. The van der Waals surface area contributed by atoms with Crippen molar-refractivity contribution < 1.29 is 14.7 Å². The molecule has 0 bridgehead atoms. The Kier molecular flexibility index (Phi) is 4.54. The smallest absolute Gasteiger partial charge is 0.323 e. The van der Waals surface area contributed by atoms with Gasteiger partial charge in [-0.25, -0.2) is 9.67 Å². The molecular weight excluding hydrogens is 340 g/mol. The van der Waals surface area contributed by atoms with E-state index in [1.54, 1.807) is 16.9 Å². The van der Waals surface area contributed by atoms with Crippen molar-refractivity contribution in [1.29, 1.82) is 0 Å². The van der Waals surface area contributed by atoms with Crippen molar-refractivity contribution in [2.75, 3.05) is 13.6 Å². The number of aromatic nitrogens is 3. The Labute approximate surface area is 148 Å². The fourth-order valence-electron chi connectivity index (χ4n) is 2.60. The van der Waals surface area contributed by atoms with E-state index in [9.17, 15) is 9.59 Å². The third kappa shape index (κ3) is 3.25. The van der Waals surface area contributed by atoms with Crippen LogP contribution in [0.2, 0.25) is 0 Å². The summed E-state index contributed by atoms with van der Waals surface area (Å²) in [6, 6.07) is 5.65. The predicted molar refractivity (Wildman–Crippen MR) is 95.8 cm³/mol. The SMILES string of the molecule is CC(C)n1ncc2c(C(=O)N(C)CC(=O)O)cc(-c3cccs3)nc21. The molecule has 0 spiro atoms. The summed E-state index contributed by atoms with van der Waals surface area (Å²) in [7, 11) is 1.47. The first-order chi connectivity index (χ1) is 11.9. The number of rotatable bonds is 5. The Morgan fingerprint density at radius 2 is 2.16 bits per heavy atom. The molecule has 0 aliphatic rings. The number of hydrogen-bond acceptors (Lipinski definition) is 5. The summed E-state index contributed by atoms with van der Waals surface area (Å²) < 4.78 is 1.76. The van der Waals surface area contributed by atoms with E-state index in [2.05, 4.69) is 10.1 Å². The number of carbonyl (C=O) groups excluding carboxylic acids is 1. The van der Waals surface area contributed by atoms with Gasteiger partial charge in [0.05, 0.1) is 27.7 Å². The first-order valence-corrected chi connectivity index (χ1v) is 8.66. The zero-order valence-electron chi connectivity index (χ0n) is 14.1. The standard InChI is InChI=1S/C17H18N4O3S/c1-10(2)21-16-12(8-18-21)11(17(24)20(3)9-15(22)23)7-13(19-16)14-5-4-6-25-14/h4-8,10H,9H2,1-3H3,(H,22,23). The lowest BCUT2D eigenvalue weighted by atomic mass is 10.1. The zero-order chi connectivity index (χ0) is 18.1. The Balaban J connectivity index is 2.19. The van der Waals surface area contributed by atoms with E-state index in [-0.39, 0.29) is 18.5 Å². The highest BCUT2D eigenvalue weighted by atomic mass is 32.1. The second-order valence-corrected chi connectivity index (χ2v) is 6.96. The molecule has 3 aromatic rings. The summed E-state index contributed by atoms with van der Waals surface area (Å²) in [6.45, 7) is 3.61. The van der Waals surface area contributed by atoms with Gasteiger partial charge in [0.25, 0.3) is 5.91 Å². The molecular formula is C17H18N4O3S. The Bertz CT molecular complexity index is 931. The Morgan fingerprint density at radius 3 is 2.76 bits per heavy atom. The van der Waals surface area contributed by atoms with Gasteiger partial charge >= 0.3 is 5.97 Å². The molecule has 3 heterocycles. The van der Waals surface area contributed by atoms with Gasteiger partial charge < -0.3 is 10.0 Å². The van der Waals surface area contributed by atoms with Crippen molar-refractivity contribution in [2.45, 2.75) is 19.9 Å². The normalized spacial score (nSPS) is 11.2. The molecule has 3 rings (SSSR count). The van der Waals surface area contributed by atoms with Crippen molar-refractivity contribution in [3.05, 3.63) is 35.3 Å². The maximum absolute atomic E-state index is 12.8. The molecule has 7 nitrogen and oxygen atoms in total. The van der Waals surface area contributed by atoms with Crippen LogP contribution in [-0.2, 0) is 4.79 Å². The monoisotopic (exact) mass is 358 g/mol. The highest BCUT2D eigenvalue weighted by Gasteiger charge is 2.22. The topological polar surface area (TPSA) is 88.3 Å². The highest BCUT2D eigenvalue weighted by Crippen LogP contribution is 2.29. The number of amides is 1. The number of carboxylic acid groups (broad SMARTS) is 1. The zero-order valence-corrected chi connectivity index (χ0v) is 14.9. The predicted octanol–water partition coefficient (Wildman–Crippen LogP) is 2.90. The van der Waals surface area contributed by atoms with E-state index in [0.29, 0.717) is 22.3 Å². The van der Waals surface area contributed by atoms with Crippen molar-refractivity contribution in [3.63, 3.8) is 0 Å². The van der Waals surface area contributed by atoms with Crippen molar-refractivity contribution in [3.8, 4) is 10.6 Å². The summed E-state index contributed by atoms with van der Waals surface area (Å²) in [5.41, 5.74) is 1.70. The van der Waals surface area contributed by atoms with Crippen molar-refractivity contribution in [2.24, 2.45) is 0 Å². The lowest BCUT2D eigenvalue weighted by Gasteiger charge is -2.16. The van der Waals surface area contributed by atoms with Gasteiger partial charge in [-0.05, 0) is 31.4 Å². The van der Waals surface area contributed by atoms with Crippen LogP contribution in [0.4, 0.5) is 0 Å². The van der Waals surface area contributed by atoms with Crippen molar-refractivity contribution >= 4 is 34.2 Å². The summed E-state index contributed by atoms with van der Waals surface area (Å²) in [5.74, 6) is -1.42. The quantitative estimate of drug-likeness (QED) is 0.757. The van der Waals surface area contributed by atoms with E-state index in [1.165, 1.54) is 23.3 Å². The molecule has 0 aliphatic carbocycles. The second kappa shape index (κ2) is 6.64. The van der Waals surface area contributed by atoms with E-state index in [1.807, 2.05) is 31.4 Å². The minimum absolute atomic E-state index is 0.0864. The van der Waals surface area contributed by atoms with Crippen LogP contribution in [0.25, 0.3) is 21.6 Å². The lowest BCUT2D eigenvalue weighted by Crippen LogP contribution is -2.32. The number of aliphatic carboxylic acids is 1. The molecule has 1 amide bonds. The number of likely N-dealkylation sites (N-methyl/N-ethyl adjacent to an activating group) is 1. The summed E-state index contributed by atoms with van der Waals surface area (Å²) in [5, 5.41) is 15.9. The Morgan fingerprint density at radius 1 is 1.40 bits per heavy atom. The molecule has 0 atom stereocenters. The van der Waals surface area contributed by atoms with Crippen molar-refractivity contribution in [1.82, 2.24) is 19.7 Å². The van der Waals surface area contributed by atoms with E-state index >= 15 is 0 Å². The third-order valence-electron chi connectivity index (χ3n) is 3.78. The minimum Gasteiger partial charge on any atom is -0.480 e. The Hall–Kier alpha value is -2.74. The number of carbonyl (C=O) groups is 2. The third-order valence-corrected chi connectivity index (χ3v) is 4.67. The highest BCUT2D eigenvalue weighted by molar-refractivity contribution is 7.13. The van der Waals surface area contributed by atoms with Gasteiger partial charge in [0.15, 0.2) is 5.65 Å². The number of hydrogen-bond donors (Lipinski definition) is 1. The van der Waals surface area contributed by atoms with E-state index in [4.69, 9.17) is 5.11 Å². The average Bonchev–Trinajstić information content (AvgIpc) is 3.21. The van der Waals surface area contributed by atoms with Gasteiger partial charge in [-0.1, -0.05) is 6.07 Å². The maximum Gasteiger partial charge on any atom is 0.323 e. The number of pyridine rings is 1. The molecule has 0 fully saturated rings. The molecule has 8 heteroatoms. The van der Waals surface area contributed by atoms with Crippen LogP contribution in [0.5, 0.6) is 0 Å². The second-order valence-electron chi connectivity index (χ2n) is 6.01. The molecule has 0 aromatic carbocycles. The van der Waals surface area contributed by atoms with Gasteiger partial charge in [-0.15, -0.1) is 11.3 Å². The molecule has 3 aromatic heterocycles. The van der Waals surface area contributed by atoms with Gasteiger partial charge in [0.2, 0.25) is 0 Å². The number of thiophene rings is 1. The van der Waals surface area contributed by atoms with Gasteiger partial charge in [-0.2, -0.15) is 5.10 Å². The molecule has 0 radical (unpaired) electrons. The van der Waals surface area contributed by atoms with Crippen LogP contribution in [0, 0.1) is 0 Å². The van der Waals surface area contributed by atoms with Crippen LogP contribution in [0.3, 0.4) is 0 Å². The summed E-state index contributed by atoms with van der Waals surface area (Å²) in [6.07, 6.45) is 1.61. The summed E-state index contributed by atoms with van der Waals surface area (Å²) in [4.78, 5) is 30.5. The van der Waals surface area contributed by atoms with E-state index in [0.717, 1.165) is 4.88 Å². The first kappa shape index (κ1) is 17.1.